The molecular formula is C30H34F3N3O4S. The summed E-state index contributed by atoms with van der Waals surface area (Å²) in [6, 6.07) is 18.9. The average Bonchev–Trinajstić information content (AvgIpc) is 2.95. The Bertz CT molecular complexity index is 1420. The molecule has 0 spiro atoms. The van der Waals surface area contributed by atoms with Gasteiger partial charge in [0.15, 0.2) is 0 Å². The number of nitrogens with zero attached hydrogens (tertiary/aromatic N) is 2. The van der Waals surface area contributed by atoms with Crippen molar-refractivity contribution in [1.29, 1.82) is 0 Å². The largest absolute Gasteiger partial charge is 0.416 e. The fraction of sp³-hybridized carbons (Fsp3) is 0.333. The van der Waals surface area contributed by atoms with E-state index in [9.17, 15) is 31.2 Å². The second-order valence-corrected chi connectivity index (χ2v) is 11.8. The summed E-state index contributed by atoms with van der Waals surface area (Å²) >= 11 is 0. The number of carbonyl (C=O) groups excluding carboxylic acids is 2. The number of sulfonamides is 1. The van der Waals surface area contributed by atoms with Crippen LogP contribution >= 0.6 is 0 Å². The van der Waals surface area contributed by atoms with E-state index in [2.05, 4.69) is 5.32 Å². The lowest BCUT2D eigenvalue weighted by atomic mass is 10.1. The predicted molar refractivity (Wildman–Crippen MR) is 151 cm³/mol. The molecule has 0 radical (unpaired) electrons. The Balaban J connectivity index is 2.08. The van der Waals surface area contributed by atoms with Gasteiger partial charge in [0.1, 0.15) is 12.6 Å². The van der Waals surface area contributed by atoms with Crippen LogP contribution in [0.2, 0.25) is 0 Å². The van der Waals surface area contributed by atoms with Gasteiger partial charge in [-0.1, -0.05) is 75.4 Å². The Morgan fingerprint density at radius 1 is 0.902 bits per heavy atom. The maximum atomic E-state index is 14.0. The van der Waals surface area contributed by atoms with E-state index in [0.717, 1.165) is 12.1 Å². The molecule has 11 heteroatoms. The zero-order valence-electron chi connectivity index (χ0n) is 23.1. The summed E-state index contributed by atoms with van der Waals surface area (Å²) in [5.41, 5.74) is -0.683. The van der Waals surface area contributed by atoms with Crippen molar-refractivity contribution in [2.75, 3.05) is 17.4 Å². The van der Waals surface area contributed by atoms with Gasteiger partial charge in [0.05, 0.1) is 16.1 Å². The molecule has 0 aliphatic rings. The molecule has 1 atom stereocenters. The van der Waals surface area contributed by atoms with Crippen LogP contribution < -0.4 is 9.62 Å². The lowest BCUT2D eigenvalue weighted by Crippen LogP contribution is -2.52. The molecule has 1 N–H and O–H groups in total. The first-order valence-corrected chi connectivity index (χ1v) is 14.6. The molecule has 0 bridgehead atoms. The number of alkyl halides is 3. The highest BCUT2D eigenvalue weighted by atomic mass is 32.2. The number of nitrogens with one attached hydrogen (secondary N) is 1. The summed E-state index contributed by atoms with van der Waals surface area (Å²) in [4.78, 5) is 28.2. The summed E-state index contributed by atoms with van der Waals surface area (Å²) in [6.07, 6.45) is -4.50. The number of halogens is 3. The molecule has 0 aliphatic carbocycles. The molecule has 0 fully saturated rings. The molecule has 3 aromatic carbocycles. The maximum absolute atomic E-state index is 14.0. The molecule has 3 aromatic rings. The summed E-state index contributed by atoms with van der Waals surface area (Å²) in [7, 11) is -4.47. The van der Waals surface area contributed by atoms with E-state index in [4.69, 9.17) is 0 Å². The second-order valence-electron chi connectivity index (χ2n) is 9.94. The van der Waals surface area contributed by atoms with Gasteiger partial charge in [-0.2, -0.15) is 13.2 Å². The first-order chi connectivity index (χ1) is 19.3. The number of benzene rings is 3. The van der Waals surface area contributed by atoms with Gasteiger partial charge in [-0.15, -0.1) is 0 Å². The van der Waals surface area contributed by atoms with Crippen LogP contribution in [0, 0.1) is 5.92 Å². The van der Waals surface area contributed by atoms with E-state index in [1.54, 1.807) is 43.3 Å². The Morgan fingerprint density at radius 3 is 2.07 bits per heavy atom. The second kappa shape index (κ2) is 13.7. The Morgan fingerprint density at radius 2 is 1.51 bits per heavy atom. The molecule has 0 aliphatic heterocycles. The van der Waals surface area contributed by atoms with Crippen molar-refractivity contribution in [2.45, 2.75) is 50.9 Å². The van der Waals surface area contributed by atoms with E-state index in [-0.39, 0.29) is 29.5 Å². The van der Waals surface area contributed by atoms with Crippen LogP contribution in [0.25, 0.3) is 0 Å². The first kappa shape index (κ1) is 31.7. The molecule has 0 saturated carbocycles. The van der Waals surface area contributed by atoms with Crippen molar-refractivity contribution in [2.24, 2.45) is 5.92 Å². The molecule has 2 amide bonds. The molecule has 0 unspecified atom stereocenters. The minimum Gasteiger partial charge on any atom is -0.354 e. The third-order valence-electron chi connectivity index (χ3n) is 6.34. The van der Waals surface area contributed by atoms with Gasteiger partial charge in [0.25, 0.3) is 10.0 Å². The third kappa shape index (κ3) is 8.32. The van der Waals surface area contributed by atoms with Crippen molar-refractivity contribution in [3.05, 3.63) is 96.1 Å². The predicted octanol–water partition coefficient (Wildman–Crippen LogP) is 5.48. The molecule has 7 nitrogen and oxygen atoms in total. The van der Waals surface area contributed by atoms with Gasteiger partial charge in [0, 0.05) is 13.1 Å². The minimum atomic E-state index is -4.73. The smallest absolute Gasteiger partial charge is 0.354 e. The maximum Gasteiger partial charge on any atom is 0.416 e. The summed E-state index contributed by atoms with van der Waals surface area (Å²) in [6.45, 7) is 5.14. The van der Waals surface area contributed by atoms with Crippen LogP contribution in [0.4, 0.5) is 18.9 Å². The van der Waals surface area contributed by atoms with Crippen LogP contribution in [-0.4, -0.2) is 44.3 Å². The number of rotatable bonds is 12. The van der Waals surface area contributed by atoms with Crippen LogP contribution in [-0.2, 0) is 32.3 Å². The van der Waals surface area contributed by atoms with Gasteiger partial charge in [-0.25, -0.2) is 8.42 Å². The molecule has 0 aromatic heterocycles. The number of amides is 2. The monoisotopic (exact) mass is 589 g/mol. The quantitative estimate of drug-likeness (QED) is 0.303. The molecular weight excluding hydrogens is 555 g/mol. The van der Waals surface area contributed by atoms with E-state index >= 15 is 0 Å². The molecule has 41 heavy (non-hydrogen) atoms. The summed E-state index contributed by atoms with van der Waals surface area (Å²) in [5, 5.41) is 2.83. The lowest BCUT2D eigenvalue weighted by Gasteiger charge is -2.33. The molecule has 0 saturated heterocycles. The van der Waals surface area contributed by atoms with E-state index in [1.807, 2.05) is 13.8 Å². The fourth-order valence-corrected chi connectivity index (χ4v) is 5.63. The van der Waals surface area contributed by atoms with Crippen LogP contribution in [0.5, 0.6) is 0 Å². The lowest BCUT2D eigenvalue weighted by molar-refractivity contribution is -0.140. The van der Waals surface area contributed by atoms with Crippen molar-refractivity contribution in [3.63, 3.8) is 0 Å². The van der Waals surface area contributed by atoms with Crippen LogP contribution in [0.3, 0.4) is 0 Å². The standard InChI is InChI=1S/C30H34F3N3O4S/c1-4-27(29(38)34-19-22(2)3)35(20-23-12-7-5-8-13-23)28(37)21-36(41(39,40)26-16-9-6-10-17-26)25-15-11-14-24(18-25)30(31,32)33/h5-18,22,27H,4,19-21H2,1-3H3,(H,34,38)/t27-/m0/s1. The fourth-order valence-electron chi connectivity index (χ4n) is 4.21. The Kier molecular flexibility index (Phi) is 10.6. The Labute approximate surface area is 239 Å². The summed E-state index contributed by atoms with van der Waals surface area (Å²) in [5.74, 6) is -0.985. The van der Waals surface area contributed by atoms with Crippen LogP contribution in [0.1, 0.15) is 38.3 Å². The summed E-state index contributed by atoms with van der Waals surface area (Å²) < 4.78 is 68.9. The van der Waals surface area contributed by atoms with Gasteiger partial charge in [0.2, 0.25) is 11.8 Å². The van der Waals surface area contributed by atoms with Crippen LogP contribution in [0.15, 0.2) is 89.8 Å². The van der Waals surface area contributed by atoms with Crippen molar-refractivity contribution in [1.82, 2.24) is 10.2 Å². The highest BCUT2D eigenvalue weighted by molar-refractivity contribution is 7.92. The van der Waals surface area contributed by atoms with Crippen molar-refractivity contribution < 1.29 is 31.2 Å². The highest BCUT2D eigenvalue weighted by Gasteiger charge is 2.35. The zero-order chi connectivity index (χ0) is 30.2. The Hall–Kier alpha value is -3.86. The van der Waals surface area contributed by atoms with Crippen molar-refractivity contribution in [3.8, 4) is 0 Å². The number of carbonyl (C=O) groups is 2. The molecule has 220 valence electrons. The van der Waals surface area contributed by atoms with Gasteiger partial charge < -0.3 is 10.2 Å². The van der Waals surface area contributed by atoms with Gasteiger partial charge in [-0.3, -0.25) is 13.9 Å². The minimum absolute atomic E-state index is 0.00487. The third-order valence-corrected chi connectivity index (χ3v) is 8.13. The van der Waals surface area contributed by atoms with Gasteiger partial charge in [-0.05, 0) is 48.2 Å². The normalized spacial score (nSPS) is 12.6. The number of hydrogen-bond acceptors (Lipinski definition) is 4. The number of hydrogen-bond donors (Lipinski definition) is 1. The van der Waals surface area contributed by atoms with E-state index in [0.29, 0.717) is 22.5 Å². The van der Waals surface area contributed by atoms with E-state index in [1.165, 1.54) is 35.2 Å². The van der Waals surface area contributed by atoms with Crippen molar-refractivity contribution >= 4 is 27.5 Å². The topological polar surface area (TPSA) is 86.8 Å². The highest BCUT2D eigenvalue weighted by Crippen LogP contribution is 2.33. The van der Waals surface area contributed by atoms with Gasteiger partial charge >= 0.3 is 6.18 Å². The molecule has 3 rings (SSSR count). The zero-order valence-corrected chi connectivity index (χ0v) is 24.0. The first-order valence-electron chi connectivity index (χ1n) is 13.2. The SMILES string of the molecule is CC[C@@H](C(=O)NCC(C)C)N(Cc1ccccc1)C(=O)CN(c1cccc(C(F)(F)F)c1)S(=O)(=O)c1ccccc1. The van der Waals surface area contributed by atoms with E-state index < -0.39 is 46.2 Å². The molecule has 0 heterocycles. The number of anilines is 1. The average molecular weight is 590 g/mol.